The van der Waals surface area contributed by atoms with E-state index in [2.05, 4.69) is 4.90 Å². The monoisotopic (exact) mass is 560 g/mol. The lowest BCUT2D eigenvalue weighted by atomic mass is 9.55. The molecule has 216 valence electrons. The van der Waals surface area contributed by atoms with Gasteiger partial charge in [0.2, 0.25) is 15.9 Å². The molecule has 1 aromatic carbocycles. The Hall–Kier alpha value is -1.68. The first-order valence-corrected chi connectivity index (χ1v) is 16.5. The van der Waals surface area contributed by atoms with Crippen LogP contribution in [0, 0.1) is 17.3 Å². The highest BCUT2D eigenvalue weighted by Gasteiger charge is 2.65. The number of fused-ring (bicyclic) bond motifs is 3. The van der Waals surface area contributed by atoms with Crippen molar-refractivity contribution in [3.05, 3.63) is 24.3 Å². The van der Waals surface area contributed by atoms with E-state index in [0.29, 0.717) is 50.8 Å². The summed E-state index contributed by atoms with van der Waals surface area (Å²) in [5, 5.41) is 0. The fourth-order valence-corrected chi connectivity index (χ4v) is 10.1. The summed E-state index contributed by atoms with van der Waals surface area (Å²) in [4.78, 5) is 15.9. The summed E-state index contributed by atoms with van der Waals surface area (Å²) in [6.45, 7) is 2.74. The number of sulfonamides is 1. The lowest BCUT2D eigenvalue weighted by Gasteiger charge is -2.64. The standard InChI is InChI=1S/C30H44N2O6S/c1-36-24-11-13-25(14-12-24)39(34,35)32-22-29-15-9-7-5-3-2-4-6-8-10-28(33)31(21-29)20-23-19-30(37-16-17-38-30)27(32)18-26(23)29/h11-14,23,26-27H,2-10,15-22H2,1H3/t23-,26-,27+,29-/m1/s1. The van der Waals surface area contributed by atoms with Crippen molar-refractivity contribution >= 4 is 15.9 Å². The number of carbonyl (C=O) groups excluding carboxylic acids is 1. The van der Waals surface area contributed by atoms with Crippen molar-refractivity contribution in [1.82, 2.24) is 9.21 Å². The first-order chi connectivity index (χ1) is 18.9. The number of piperidine rings is 2. The summed E-state index contributed by atoms with van der Waals surface area (Å²) in [7, 11) is -2.26. The fourth-order valence-electron chi connectivity index (χ4n) is 8.39. The summed E-state index contributed by atoms with van der Waals surface area (Å²) in [6, 6.07) is 6.31. The number of rotatable bonds is 3. The Morgan fingerprint density at radius 1 is 0.923 bits per heavy atom. The molecule has 0 aromatic heterocycles. The van der Waals surface area contributed by atoms with Gasteiger partial charge in [-0.25, -0.2) is 8.42 Å². The maximum Gasteiger partial charge on any atom is 0.243 e. The maximum absolute atomic E-state index is 14.4. The molecule has 4 bridgehead atoms. The summed E-state index contributed by atoms with van der Waals surface area (Å²) in [5.74, 6) is 0.526. The summed E-state index contributed by atoms with van der Waals surface area (Å²) < 4.78 is 48.4. The van der Waals surface area contributed by atoms with E-state index < -0.39 is 15.8 Å². The molecule has 9 heteroatoms. The molecule has 0 radical (unpaired) electrons. The molecule has 4 aliphatic heterocycles. The first-order valence-electron chi connectivity index (χ1n) is 15.1. The number of carbonyl (C=O) groups is 1. The van der Waals surface area contributed by atoms with Gasteiger partial charge < -0.3 is 19.1 Å². The Kier molecular flexibility index (Phi) is 7.72. The third kappa shape index (κ3) is 5.02. The number of hydrogen-bond donors (Lipinski definition) is 0. The minimum Gasteiger partial charge on any atom is -0.497 e. The minimum atomic E-state index is -3.84. The van der Waals surface area contributed by atoms with Crippen LogP contribution < -0.4 is 4.74 Å². The molecule has 8 nitrogen and oxygen atoms in total. The van der Waals surface area contributed by atoms with Gasteiger partial charge in [0.15, 0.2) is 5.79 Å². The molecule has 1 amide bonds. The Labute approximate surface area is 233 Å². The van der Waals surface area contributed by atoms with E-state index in [1.165, 1.54) is 25.7 Å². The van der Waals surface area contributed by atoms with Gasteiger partial charge in [-0.05, 0) is 55.4 Å². The highest BCUT2D eigenvalue weighted by molar-refractivity contribution is 7.89. The third-order valence-corrected chi connectivity index (χ3v) is 12.1. The molecule has 4 heterocycles. The molecule has 2 spiro atoms. The van der Waals surface area contributed by atoms with Gasteiger partial charge in [-0.2, -0.15) is 4.31 Å². The molecule has 6 rings (SSSR count). The van der Waals surface area contributed by atoms with Crippen LogP contribution in [0.25, 0.3) is 0 Å². The second kappa shape index (κ2) is 11.0. The molecule has 5 fully saturated rings. The molecule has 0 N–H and O–H groups in total. The molecule has 4 atom stereocenters. The van der Waals surface area contributed by atoms with Crippen LogP contribution in [-0.2, 0) is 24.3 Å². The smallest absolute Gasteiger partial charge is 0.243 e. The van der Waals surface area contributed by atoms with Crippen molar-refractivity contribution in [1.29, 1.82) is 0 Å². The molecular formula is C30H44N2O6S. The van der Waals surface area contributed by atoms with Crippen molar-refractivity contribution in [3.63, 3.8) is 0 Å². The molecule has 1 aliphatic carbocycles. The number of ether oxygens (including phenoxy) is 3. The van der Waals surface area contributed by atoms with Gasteiger partial charge in [0.05, 0.1) is 31.3 Å². The van der Waals surface area contributed by atoms with Gasteiger partial charge in [0, 0.05) is 37.9 Å². The van der Waals surface area contributed by atoms with Gasteiger partial charge in [0.1, 0.15) is 5.75 Å². The van der Waals surface area contributed by atoms with Gasteiger partial charge in [0.25, 0.3) is 0 Å². The van der Waals surface area contributed by atoms with Crippen molar-refractivity contribution < 1.29 is 27.4 Å². The lowest BCUT2D eigenvalue weighted by Crippen LogP contribution is -2.72. The maximum atomic E-state index is 14.4. The van der Waals surface area contributed by atoms with E-state index >= 15 is 0 Å². The molecule has 4 saturated heterocycles. The average molecular weight is 561 g/mol. The summed E-state index contributed by atoms with van der Waals surface area (Å²) in [5.41, 5.74) is -0.251. The van der Waals surface area contributed by atoms with E-state index in [9.17, 15) is 13.2 Å². The Morgan fingerprint density at radius 2 is 1.59 bits per heavy atom. The van der Waals surface area contributed by atoms with E-state index in [1.807, 2.05) is 0 Å². The summed E-state index contributed by atoms with van der Waals surface area (Å²) >= 11 is 0. The topological polar surface area (TPSA) is 85.4 Å². The Morgan fingerprint density at radius 3 is 2.28 bits per heavy atom. The molecular weight excluding hydrogens is 516 g/mol. The predicted molar refractivity (Wildman–Crippen MR) is 147 cm³/mol. The van der Waals surface area contributed by atoms with Crippen molar-refractivity contribution in [3.8, 4) is 5.75 Å². The Balaban J connectivity index is 1.39. The van der Waals surface area contributed by atoms with Crippen LogP contribution in [0.15, 0.2) is 29.2 Å². The molecule has 0 unspecified atom stereocenters. The van der Waals surface area contributed by atoms with Crippen molar-refractivity contribution in [2.24, 2.45) is 17.3 Å². The van der Waals surface area contributed by atoms with Gasteiger partial charge in [-0.15, -0.1) is 0 Å². The average Bonchev–Trinajstić information content (AvgIpc) is 3.41. The molecule has 1 saturated carbocycles. The zero-order chi connectivity index (χ0) is 27.1. The lowest BCUT2D eigenvalue weighted by molar-refractivity contribution is -0.262. The Bertz CT molecular complexity index is 1130. The fraction of sp³-hybridized carbons (Fsp3) is 0.767. The molecule has 5 aliphatic rings. The van der Waals surface area contributed by atoms with Crippen molar-refractivity contribution in [2.45, 2.75) is 93.8 Å². The number of nitrogens with zero attached hydrogens (tertiary/aromatic N) is 2. The highest BCUT2D eigenvalue weighted by atomic mass is 32.2. The van der Waals surface area contributed by atoms with Crippen LogP contribution in [-0.4, -0.2) is 75.3 Å². The van der Waals surface area contributed by atoms with Crippen LogP contribution in [0.4, 0.5) is 0 Å². The van der Waals surface area contributed by atoms with Crippen LogP contribution in [0.2, 0.25) is 0 Å². The molecule has 39 heavy (non-hydrogen) atoms. The first kappa shape index (κ1) is 27.5. The van der Waals surface area contributed by atoms with Gasteiger partial charge in [-0.1, -0.05) is 44.9 Å². The van der Waals surface area contributed by atoms with E-state index in [4.69, 9.17) is 14.2 Å². The molecule has 1 aromatic rings. The van der Waals surface area contributed by atoms with E-state index in [-0.39, 0.29) is 28.2 Å². The number of hydrogen-bond acceptors (Lipinski definition) is 6. The van der Waals surface area contributed by atoms with Gasteiger partial charge >= 0.3 is 0 Å². The third-order valence-electron chi connectivity index (χ3n) is 10.3. The summed E-state index contributed by atoms with van der Waals surface area (Å²) in [6.07, 6.45) is 12.1. The normalized spacial score (nSPS) is 34.0. The minimum absolute atomic E-state index is 0.226. The quantitative estimate of drug-likeness (QED) is 0.538. The van der Waals surface area contributed by atoms with Crippen LogP contribution >= 0.6 is 0 Å². The second-order valence-electron chi connectivity index (χ2n) is 12.5. The van der Waals surface area contributed by atoms with E-state index in [1.54, 1.807) is 35.7 Å². The van der Waals surface area contributed by atoms with Crippen LogP contribution in [0.1, 0.15) is 77.0 Å². The van der Waals surface area contributed by atoms with Crippen molar-refractivity contribution in [2.75, 3.05) is 40.0 Å². The second-order valence-corrected chi connectivity index (χ2v) is 14.4. The predicted octanol–water partition coefficient (Wildman–Crippen LogP) is 4.58. The van der Waals surface area contributed by atoms with Crippen LogP contribution in [0.3, 0.4) is 0 Å². The van der Waals surface area contributed by atoms with Gasteiger partial charge in [-0.3, -0.25) is 4.79 Å². The SMILES string of the molecule is COc1ccc(S(=O)(=O)N2C[C@]34CCCCCCCCCCC(=O)N(C[C@H]5CC6(OCCO6)[C@@H]2C[C@H]53)C4)cc1. The highest BCUT2D eigenvalue weighted by Crippen LogP contribution is 2.59. The number of benzene rings is 1. The number of methoxy groups -OCH3 is 1. The van der Waals surface area contributed by atoms with E-state index in [0.717, 1.165) is 45.1 Å². The number of amides is 1. The zero-order valence-electron chi connectivity index (χ0n) is 23.3. The zero-order valence-corrected chi connectivity index (χ0v) is 24.1. The van der Waals surface area contributed by atoms with Crippen LogP contribution in [0.5, 0.6) is 5.75 Å². The largest absolute Gasteiger partial charge is 0.497 e.